The summed E-state index contributed by atoms with van der Waals surface area (Å²) >= 11 is 0. The molecule has 0 spiro atoms. The molecular weight excluding hydrogens is 235 g/mol. The molecule has 0 aliphatic carbocycles. The van der Waals surface area contributed by atoms with Crippen molar-refractivity contribution in [2.24, 2.45) is 0 Å². The van der Waals surface area contributed by atoms with Crippen LogP contribution in [-0.4, -0.2) is 18.7 Å². The predicted molar refractivity (Wildman–Crippen MR) is 56.9 cm³/mol. The maximum Gasteiger partial charge on any atom is 0.471 e. The largest absolute Gasteiger partial charge is 0.494 e. The molecule has 0 saturated carbocycles. The van der Waals surface area contributed by atoms with Gasteiger partial charge in [0.2, 0.25) is 0 Å². The van der Waals surface area contributed by atoms with Gasteiger partial charge in [0.25, 0.3) is 0 Å². The lowest BCUT2D eigenvalue weighted by Gasteiger charge is -2.09. The molecule has 1 rings (SSSR count). The van der Waals surface area contributed by atoms with Crippen molar-refractivity contribution in [3.05, 3.63) is 24.3 Å². The zero-order valence-corrected chi connectivity index (χ0v) is 9.17. The molecular formula is C11H12F3NO2. The molecule has 1 aromatic rings. The Bertz CT molecular complexity index is 391. The Morgan fingerprint density at radius 3 is 2.71 bits per heavy atom. The average Bonchev–Trinajstić information content (AvgIpc) is 2.25. The van der Waals surface area contributed by atoms with Gasteiger partial charge in [0.1, 0.15) is 5.75 Å². The second kappa shape index (κ2) is 5.56. The minimum absolute atomic E-state index is 0.0564. The number of ether oxygens (including phenoxy) is 1. The van der Waals surface area contributed by atoms with Crippen molar-refractivity contribution in [3.8, 4) is 5.75 Å². The zero-order chi connectivity index (χ0) is 12.9. The van der Waals surface area contributed by atoms with Crippen LogP contribution in [0.25, 0.3) is 0 Å². The molecule has 1 aromatic carbocycles. The van der Waals surface area contributed by atoms with Crippen LogP contribution in [0.1, 0.15) is 13.3 Å². The van der Waals surface area contributed by atoms with Crippen LogP contribution in [0.2, 0.25) is 0 Å². The van der Waals surface area contributed by atoms with Crippen LogP contribution in [0.15, 0.2) is 24.3 Å². The lowest BCUT2D eigenvalue weighted by Crippen LogP contribution is -2.29. The first-order valence-electron chi connectivity index (χ1n) is 5.04. The molecule has 0 aliphatic heterocycles. The standard InChI is InChI=1S/C11H12F3NO2/c1-2-6-17-9-5-3-4-8(7-9)15-10(16)11(12,13)14/h3-5,7H,2,6H2,1H3,(H,15,16). The van der Waals surface area contributed by atoms with Gasteiger partial charge in [-0.15, -0.1) is 0 Å². The van der Waals surface area contributed by atoms with Crippen LogP contribution >= 0.6 is 0 Å². The summed E-state index contributed by atoms with van der Waals surface area (Å²) in [5.74, 6) is -1.57. The lowest BCUT2D eigenvalue weighted by molar-refractivity contribution is -0.167. The van der Waals surface area contributed by atoms with Gasteiger partial charge in [0.15, 0.2) is 0 Å². The second-order valence-electron chi connectivity index (χ2n) is 3.33. The van der Waals surface area contributed by atoms with Crippen molar-refractivity contribution < 1.29 is 22.7 Å². The molecule has 6 heteroatoms. The van der Waals surface area contributed by atoms with E-state index in [1.165, 1.54) is 18.2 Å². The van der Waals surface area contributed by atoms with E-state index in [2.05, 4.69) is 0 Å². The number of halogens is 3. The Labute approximate surface area is 96.6 Å². The molecule has 0 radical (unpaired) electrons. The lowest BCUT2D eigenvalue weighted by atomic mass is 10.3. The highest BCUT2D eigenvalue weighted by Crippen LogP contribution is 2.21. The fraction of sp³-hybridized carbons (Fsp3) is 0.364. The van der Waals surface area contributed by atoms with Crippen LogP contribution in [0, 0.1) is 0 Å². The van der Waals surface area contributed by atoms with Gasteiger partial charge in [0.05, 0.1) is 6.61 Å². The van der Waals surface area contributed by atoms with E-state index in [0.29, 0.717) is 12.4 Å². The molecule has 0 aliphatic rings. The highest BCUT2D eigenvalue weighted by atomic mass is 19.4. The van der Waals surface area contributed by atoms with Gasteiger partial charge in [-0.25, -0.2) is 0 Å². The van der Waals surface area contributed by atoms with E-state index in [9.17, 15) is 18.0 Å². The number of carbonyl (C=O) groups is 1. The second-order valence-corrected chi connectivity index (χ2v) is 3.33. The number of hydrogen-bond acceptors (Lipinski definition) is 2. The molecule has 0 fully saturated rings. The fourth-order valence-corrected chi connectivity index (χ4v) is 1.09. The van der Waals surface area contributed by atoms with Crippen molar-refractivity contribution in [2.75, 3.05) is 11.9 Å². The first-order valence-corrected chi connectivity index (χ1v) is 5.04. The number of amides is 1. The molecule has 1 amide bonds. The monoisotopic (exact) mass is 247 g/mol. The van der Waals surface area contributed by atoms with Gasteiger partial charge >= 0.3 is 12.1 Å². The molecule has 3 nitrogen and oxygen atoms in total. The summed E-state index contributed by atoms with van der Waals surface area (Å²) in [7, 11) is 0. The number of rotatable bonds is 4. The summed E-state index contributed by atoms with van der Waals surface area (Å²) in [6.45, 7) is 2.38. The van der Waals surface area contributed by atoms with E-state index in [4.69, 9.17) is 4.74 Å². The van der Waals surface area contributed by atoms with E-state index >= 15 is 0 Å². The first-order chi connectivity index (χ1) is 7.93. The third kappa shape index (κ3) is 4.34. The smallest absolute Gasteiger partial charge is 0.471 e. The number of hydrogen-bond donors (Lipinski definition) is 1. The van der Waals surface area contributed by atoms with E-state index in [0.717, 1.165) is 6.42 Å². The van der Waals surface area contributed by atoms with Crippen LogP contribution in [0.4, 0.5) is 18.9 Å². The van der Waals surface area contributed by atoms with Crippen LogP contribution < -0.4 is 10.1 Å². The van der Waals surface area contributed by atoms with E-state index in [1.54, 1.807) is 11.4 Å². The van der Waals surface area contributed by atoms with Crippen molar-refractivity contribution in [3.63, 3.8) is 0 Å². The fourth-order valence-electron chi connectivity index (χ4n) is 1.09. The summed E-state index contributed by atoms with van der Waals surface area (Å²) in [4.78, 5) is 10.7. The molecule has 0 atom stereocenters. The maximum atomic E-state index is 12.0. The number of alkyl halides is 3. The van der Waals surface area contributed by atoms with E-state index in [-0.39, 0.29) is 5.69 Å². The minimum atomic E-state index is -4.89. The van der Waals surface area contributed by atoms with Crippen molar-refractivity contribution in [1.82, 2.24) is 0 Å². The minimum Gasteiger partial charge on any atom is -0.494 e. The molecule has 1 N–H and O–H groups in total. The van der Waals surface area contributed by atoms with Crippen molar-refractivity contribution >= 4 is 11.6 Å². The quantitative estimate of drug-likeness (QED) is 0.888. The molecule has 17 heavy (non-hydrogen) atoms. The summed E-state index contributed by atoms with van der Waals surface area (Å²) in [6.07, 6.45) is -4.10. The third-order valence-electron chi connectivity index (χ3n) is 1.82. The van der Waals surface area contributed by atoms with E-state index in [1.807, 2.05) is 6.92 Å². The summed E-state index contributed by atoms with van der Waals surface area (Å²) in [5.41, 5.74) is 0.0564. The summed E-state index contributed by atoms with van der Waals surface area (Å²) in [5, 5.41) is 1.75. The number of carbonyl (C=O) groups excluding carboxylic acids is 1. The Balaban J connectivity index is 2.69. The van der Waals surface area contributed by atoms with Crippen LogP contribution in [0.5, 0.6) is 5.75 Å². The molecule has 0 unspecified atom stereocenters. The van der Waals surface area contributed by atoms with Gasteiger partial charge in [0, 0.05) is 11.8 Å². The molecule has 94 valence electrons. The first kappa shape index (κ1) is 13.3. The summed E-state index contributed by atoms with van der Waals surface area (Å²) < 4.78 is 41.2. The maximum absolute atomic E-state index is 12.0. The van der Waals surface area contributed by atoms with Crippen molar-refractivity contribution in [2.45, 2.75) is 19.5 Å². The van der Waals surface area contributed by atoms with E-state index < -0.39 is 12.1 Å². The zero-order valence-electron chi connectivity index (χ0n) is 9.17. The number of benzene rings is 1. The van der Waals surface area contributed by atoms with Gasteiger partial charge in [-0.3, -0.25) is 4.79 Å². The SMILES string of the molecule is CCCOc1cccc(NC(=O)C(F)(F)F)c1. The van der Waals surface area contributed by atoms with Crippen LogP contribution in [-0.2, 0) is 4.79 Å². The normalized spacial score (nSPS) is 11.1. The Morgan fingerprint density at radius 2 is 2.12 bits per heavy atom. The predicted octanol–water partition coefficient (Wildman–Crippen LogP) is 2.98. The van der Waals surface area contributed by atoms with Crippen LogP contribution in [0.3, 0.4) is 0 Å². The van der Waals surface area contributed by atoms with Gasteiger partial charge in [-0.2, -0.15) is 13.2 Å². The van der Waals surface area contributed by atoms with Gasteiger partial charge < -0.3 is 10.1 Å². The molecule has 0 aromatic heterocycles. The van der Waals surface area contributed by atoms with Crippen molar-refractivity contribution in [1.29, 1.82) is 0 Å². The highest BCUT2D eigenvalue weighted by molar-refractivity contribution is 5.95. The summed E-state index contributed by atoms with van der Waals surface area (Å²) in [6, 6.07) is 5.83. The Kier molecular flexibility index (Phi) is 4.37. The average molecular weight is 247 g/mol. The molecule has 0 saturated heterocycles. The number of nitrogens with one attached hydrogen (secondary N) is 1. The topological polar surface area (TPSA) is 38.3 Å². The Morgan fingerprint density at radius 1 is 1.41 bits per heavy atom. The molecule has 0 bridgehead atoms. The highest BCUT2D eigenvalue weighted by Gasteiger charge is 2.38. The number of anilines is 1. The Hall–Kier alpha value is -1.72. The third-order valence-corrected chi connectivity index (χ3v) is 1.82. The van der Waals surface area contributed by atoms with Gasteiger partial charge in [-0.05, 0) is 18.6 Å². The van der Waals surface area contributed by atoms with Gasteiger partial charge in [-0.1, -0.05) is 13.0 Å². The molecule has 0 heterocycles.